The molecule has 6 heteroatoms. The van der Waals surface area contributed by atoms with Gasteiger partial charge >= 0.3 is 29.6 Å². The largest absolute Gasteiger partial charge is 1.00 e. The summed E-state index contributed by atoms with van der Waals surface area (Å²) in [5, 5.41) is 9.08. The molecule has 0 rings (SSSR count). The first-order valence-electron chi connectivity index (χ1n) is 11.5. The van der Waals surface area contributed by atoms with Crippen molar-refractivity contribution in [2.24, 2.45) is 0 Å². The second-order valence-corrected chi connectivity index (χ2v) is 9.82. The Morgan fingerprint density at radius 1 is 0.643 bits per heavy atom. The number of aliphatic hydroxyl groups is 1. The van der Waals surface area contributed by atoms with Gasteiger partial charge in [-0.15, -0.1) is 0 Å². The third-order valence-corrected chi connectivity index (χ3v) is 6.78. The molecule has 164 valence electrons. The molecule has 1 N–H and O–H groups in total. The summed E-state index contributed by atoms with van der Waals surface area (Å²) in [5.74, 6) is 0. The Hall–Kier alpha value is 0.870. The summed E-state index contributed by atoms with van der Waals surface area (Å²) in [6.07, 6.45) is 18.0. The topological polar surface area (TPSA) is 77.4 Å². The van der Waals surface area contributed by atoms with Gasteiger partial charge in [-0.05, 0) is 32.1 Å². The van der Waals surface area contributed by atoms with Crippen LogP contribution < -0.4 is 29.6 Å². The van der Waals surface area contributed by atoms with Gasteiger partial charge in [0.1, 0.15) is 0 Å². The molecule has 0 aliphatic heterocycles. The van der Waals surface area contributed by atoms with Gasteiger partial charge in [-0.2, -0.15) is 0 Å². The van der Waals surface area contributed by atoms with E-state index in [1.165, 1.54) is 51.4 Å². The molecule has 0 fully saturated rings. The van der Waals surface area contributed by atoms with E-state index >= 15 is 0 Å². The normalized spacial score (nSPS) is 13.9. The van der Waals surface area contributed by atoms with Crippen molar-refractivity contribution in [2.75, 3.05) is 0 Å². The van der Waals surface area contributed by atoms with Crippen molar-refractivity contribution in [3.05, 3.63) is 0 Å². The zero-order valence-corrected chi connectivity index (χ0v) is 21.8. The number of aliphatic hydroxyl groups excluding tert-OH is 1. The maximum absolute atomic E-state index is 11.5. The Bertz CT molecular complexity index is 415. The first-order valence-corrected chi connectivity index (χ1v) is 13.0. The fourth-order valence-corrected chi connectivity index (χ4v) is 4.55. The molecule has 2 unspecified atom stereocenters. The van der Waals surface area contributed by atoms with E-state index in [1.54, 1.807) is 0 Å². The van der Waals surface area contributed by atoms with Crippen LogP contribution in [0.15, 0.2) is 0 Å². The summed E-state index contributed by atoms with van der Waals surface area (Å²) in [4.78, 5) is 0. The van der Waals surface area contributed by atoms with Crippen LogP contribution in [-0.2, 0) is 10.1 Å². The van der Waals surface area contributed by atoms with Gasteiger partial charge in [0, 0.05) is 5.25 Å². The maximum atomic E-state index is 11.5. The minimum absolute atomic E-state index is 0. The molecular weight excluding hydrogens is 383 g/mol. The quantitative estimate of drug-likeness (QED) is 0.183. The van der Waals surface area contributed by atoms with Crippen molar-refractivity contribution in [3.8, 4) is 0 Å². The van der Waals surface area contributed by atoms with Crippen LogP contribution in [0.1, 0.15) is 129 Å². The van der Waals surface area contributed by atoms with Crippen LogP contribution in [-0.4, -0.2) is 29.4 Å². The molecule has 28 heavy (non-hydrogen) atoms. The van der Waals surface area contributed by atoms with E-state index < -0.39 is 15.4 Å². The van der Waals surface area contributed by atoms with Crippen LogP contribution in [0.25, 0.3) is 0 Å². The SMILES string of the molecule is CCCCCCCCCCCCCC(CCCC(O)CCCC)S(=O)(=O)[O-].[Na+]. The monoisotopic (exact) mass is 428 g/mol. The van der Waals surface area contributed by atoms with E-state index in [9.17, 15) is 18.1 Å². The fraction of sp³-hybridized carbons (Fsp3) is 1.00. The number of hydrogen-bond donors (Lipinski definition) is 1. The second kappa shape index (κ2) is 21.1. The van der Waals surface area contributed by atoms with E-state index in [0.717, 1.165) is 38.5 Å². The second-order valence-electron chi connectivity index (χ2n) is 8.17. The van der Waals surface area contributed by atoms with E-state index in [1.807, 2.05) is 0 Å². The molecule has 0 spiro atoms. The molecule has 0 heterocycles. The van der Waals surface area contributed by atoms with Crippen molar-refractivity contribution in [3.63, 3.8) is 0 Å². The minimum atomic E-state index is -4.22. The molecular formula is C22H45NaO4S. The van der Waals surface area contributed by atoms with Crippen molar-refractivity contribution < 1.29 is 47.6 Å². The molecule has 0 radical (unpaired) electrons. The third-order valence-electron chi connectivity index (χ3n) is 5.49. The molecule has 0 aliphatic rings. The average Bonchev–Trinajstić information content (AvgIpc) is 2.62. The summed E-state index contributed by atoms with van der Waals surface area (Å²) in [6.45, 7) is 4.32. The summed E-state index contributed by atoms with van der Waals surface area (Å²) in [5.41, 5.74) is 0. The maximum Gasteiger partial charge on any atom is 1.00 e. The van der Waals surface area contributed by atoms with Gasteiger partial charge in [-0.1, -0.05) is 97.3 Å². The number of hydrogen-bond acceptors (Lipinski definition) is 4. The molecule has 4 nitrogen and oxygen atoms in total. The number of unbranched alkanes of at least 4 members (excludes halogenated alkanes) is 11. The Balaban J connectivity index is 0. The molecule has 0 aromatic rings. The first-order chi connectivity index (χ1) is 12.9. The molecule has 0 bridgehead atoms. The fourth-order valence-electron chi connectivity index (χ4n) is 3.63. The van der Waals surface area contributed by atoms with Crippen molar-refractivity contribution in [1.29, 1.82) is 0 Å². The molecule has 0 aromatic carbocycles. The zero-order chi connectivity index (χ0) is 20.4. The van der Waals surface area contributed by atoms with Crippen LogP contribution in [0.3, 0.4) is 0 Å². The summed E-state index contributed by atoms with van der Waals surface area (Å²) >= 11 is 0. The Morgan fingerprint density at radius 2 is 1.04 bits per heavy atom. The van der Waals surface area contributed by atoms with E-state index in [0.29, 0.717) is 25.7 Å². The molecule has 0 aromatic heterocycles. The molecule has 0 saturated heterocycles. The Labute approximate surface area is 197 Å². The van der Waals surface area contributed by atoms with Crippen LogP contribution in [0.5, 0.6) is 0 Å². The van der Waals surface area contributed by atoms with Gasteiger partial charge in [0.2, 0.25) is 0 Å². The van der Waals surface area contributed by atoms with E-state index in [-0.39, 0.29) is 35.7 Å². The number of rotatable bonds is 20. The van der Waals surface area contributed by atoms with Crippen LogP contribution >= 0.6 is 0 Å². The van der Waals surface area contributed by atoms with Crippen LogP contribution in [0.2, 0.25) is 0 Å². The Kier molecular flexibility index (Phi) is 23.4. The summed E-state index contributed by atoms with van der Waals surface area (Å²) in [6, 6.07) is 0. The van der Waals surface area contributed by atoms with Gasteiger partial charge in [-0.3, -0.25) is 0 Å². The Morgan fingerprint density at radius 3 is 1.50 bits per heavy atom. The predicted molar refractivity (Wildman–Crippen MR) is 114 cm³/mol. The molecule has 0 amide bonds. The van der Waals surface area contributed by atoms with Crippen LogP contribution in [0.4, 0.5) is 0 Å². The van der Waals surface area contributed by atoms with Crippen molar-refractivity contribution in [1.82, 2.24) is 0 Å². The van der Waals surface area contributed by atoms with E-state index in [2.05, 4.69) is 13.8 Å². The first kappa shape index (κ1) is 31.1. The summed E-state index contributed by atoms with van der Waals surface area (Å²) in [7, 11) is -4.22. The molecule has 0 aliphatic carbocycles. The van der Waals surface area contributed by atoms with Crippen molar-refractivity contribution >= 4 is 10.1 Å². The predicted octanol–water partition coefficient (Wildman–Crippen LogP) is 3.33. The molecule has 2 atom stereocenters. The van der Waals surface area contributed by atoms with Gasteiger partial charge in [0.05, 0.1) is 16.2 Å². The van der Waals surface area contributed by atoms with E-state index in [4.69, 9.17) is 0 Å². The van der Waals surface area contributed by atoms with Gasteiger partial charge in [-0.25, -0.2) is 8.42 Å². The van der Waals surface area contributed by atoms with Gasteiger partial charge in [0.15, 0.2) is 0 Å². The summed E-state index contributed by atoms with van der Waals surface area (Å²) < 4.78 is 34.4. The smallest absolute Gasteiger partial charge is 0.748 e. The van der Waals surface area contributed by atoms with Gasteiger partial charge < -0.3 is 9.66 Å². The molecule has 0 saturated carbocycles. The third kappa shape index (κ3) is 20.2. The average molecular weight is 429 g/mol. The zero-order valence-electron chi connectivity index (χ0n) is 19.0. The van der Waals surface area contributed by atoms with Gasteiger partial charge in [0.25, 0.3) is 0 Å². The van der Waals surface area contributed by atoms with Crippen molar-refractivity contribution in [2.45, 2.75) is 141 Å². The minimum Gasteiger partial charge on any atom is -0.748 e. The standard InChI is InChI=1S/C22H46O4S.Na/c1-3-5-7-8-9-10-11-12-13-14-15-19-22(27(24,25)26)20-16-18-21(23)17-6-4-2;/h21-23H,3-20H2,1-2H3,(H,24,25,26);/q;+1/p-1. The van der Waals surface area contributed by atoms with Crippen LogP contribution in [0, 0.1) is 0 Å².